The van der Waals surface area contributed by atoms with Gasteiger partial charge in [0.2, 0.25) is 5.92 Å². The van der Waals surface area contributed by atoms with E-state index >= 15 is 0 Å². The van der Waals surface area contributed by atoms with Crippen molar-refractivity contribution in [1.82, 2.24) is 0 Å². The molecule has 2 saturated carbocycles. The summed E-state index contributed by atoms with van der Waals surface area (Å²) in [6.45, 7) is 6.48. The van der Waals surface area contributed by atoms with E-state index in [2.05, 4.69) is 0 Å². The molecule has 0 N–H and O–H groups in total. The van der Waals surface area contributed by atoms with Crippen LogP contribution >= 0.6 is 0 Å². The van der Waals surface area contributed by atoms with Gasteiger partial charge in [-0.05, 0) is 32.1 Å². The molecule has 0 aromatic heterocycles. The smallest absolute Gasteiger partial charge is 0.249 e. The molecule has 2 atom stereocenters. The van der Waals surface area contributed by atoms with E-state index in [1.165, 1.54) is 0 Å². The fourth-order valence-electron chi connectivity index (χ4n) is 3.71. The van der Waals surface area contributed by atoms with E-state index in [9.17, 15) is 8.78 Å². The van der Waals surface area contributed by atoms with Crippen LogP contribution in [0, 0.1) is 10.8 Å². The molecule has 2 unspecified atom stereocenters. The third-order valence-corrected chi connectivity index (χ3v) is 4.60. The number of halogens is 2. The highest BCUT2D eigenvalue weighted by Gasteiger charge is 2.64. The van der Waals surface area contributed by atoms with Crippen molar-refractivity contribution in [1.29, 1.82) is 0 Å². The molecule has 0 saturated heterocycles. The summed E-state index contributed by atoms with van der Waals surface area (Å²) in [5.74, 6) is -2.48. The van der Waals surface area contributed by atoms with Crippen molar-refractivity contribution in [2.75, 3.05) is 6.61 Å². The summed E-state index contributed by atoms with van der Waals surface area (Å²) < 4.78 is 32.9. The van der Waals surface area contributed by atoms with Crippen molar-refractivity contribution < 1.29 is 13.5 Å². The summed E-state index contributed by atoms with van der Waals surface area (Å²) in [4.78, 5) is 0. The van der Waals surface area contributed by atoms with Crippen molar-refractivity contribution in [3.63, 3.8) is 0 Å². The quantitative estimate of drug-likeness (QED) is 0.714. The highest BCUT2D eigenvalue weighted by Crippen LogP contribution is 2.66. The highest BCUT2D eigenvalue weighted by atomic mass is 19.3. The monoisotopic (exact) mass is 232 g/mol. The van der Waals surface area contributed by atoms with Crippen LogP contribution in [0.3, 0.4) is 0 Å². The van der Waals surface area contributed by atoms with E-state index in [-0.39, 0.29) is 29.8 Å². The molecular weight excluding hydrogens is 210 g/mol. The summed E-state index contributed by atoms with van der Waals surface area (Å²) in [6, 6.07) is 0. The molecule has 0 bridgehead atoms. The van der Waals surface area contributed by atoms with Crippen LogP contribution in [-0.2, 0) is 4.74 Å². The first-order chi connectivity index (χ1) is 7.29. The molecule has 0 amide bonds. The fourth-order valence-corrected chi connectivity index (χ4v) is 3.71. The third-order valence-electron chi connectivity index (χ3n) is 4.60. The van der Waals surface area contributed by atoms with Crippen molar-refractivity contribution in [3.05, 3.63) is 0 Å². The number of hydrogen-bond donors (Lipinski definition) is 0. The molecule has 94 valence electrons. The Morgan fingerprint density at radius 2 is 1.88 bits per heavy atom. The van der Waals surface area contributed by atoms with E-state index in [4.69, 9.17) is 4.74 Å². The van der Waals surface area contributed by atoms with Gasteiger partial charge in [0.15, 0.2) is 0 Å². The Morgan fingerprint density at radius 1 is 1.19 bits per heavy atom. The number of hydrogen-bond acceptors (Lipinski definition) is 1. The van der Waals surface area contributed by atoms with E-state index in [0.717, 1.165) is 19.3 Å². The molecule has 16 heavy (non-hydrogen) atoms. The second-order valence-electron chi connectivity index (χ2n) is 6.26. The van der Waals surface area contributed by atoms with E-state index in [1.54, 1.807) is 0 Å². The Bertz CT molecular complexity index is 277. The lowest BCUT2D eigenvalue weighted by atomic mass is 9.70. The number of alkyl halides is 2. The Morgan fingerprint density at radius 3 is 2.50 bits per heavy atom. The standard InChI is InChI=1S/C13H22F2O/c1-10(2)16-9-12-6-4-5-11(12,3)7-13(14,15)8-12/h10H,4-9H2,1-3H3. The first-order valence-electron chi connectivity index (χ1n) is 6.28. The molecule has 0 aliphatic heterocycles. The number of ether oxygens (including phenoxy) is 1. The Kier molecular flexibility index (Phi) is 2.81. The predicted octanol–water partition coefficient (Wildman–Crippen LogP) is 4.02. The molecule has 3 heteroatoms. The summed E-state index contributed by atoms with van der Waals surface area (Å²) >= 11 is 0. The normalized spacial score (nSPS) is 41.6. The zero-order valence-electron chi connectivity index (χ0n) is 10.5. The first kappa shape index (κ1) is 12.3. The van der Waals surface area contributed by atoms with Gasteiger partial charge in [-0.3, -0.25) is 0 Å². The van der Waals surface area contributed by atoms with Crippen LogP contribution in [0.25, 0.3) is 0 Å². The lowest BCUT2D eigenvalue weighted by molar-refractivity contribution is -0.0415. The second-order valence-corrected chi connectivity index (χ2v) is 6.26. The zero-order valence-corrected chi connectivity index (χ0v) is 10.5. The Labute approximate surface area is 96.6 Å². The molecule has 2 fully saturated rings. The molecule has 2 rings (SSSR count). The Balaban J connectivity index is 2.16. The van der Waals surface area contributed by atoms with Crippen LogP contribution in [0.5, 0.6) is 0 Å². The zero-order chi connectivity index (χ0) is 12.0. The molecule has 0 aromatic carbocycles. The van der Waals surface area contributed by atoms with Gasteiger partial charge in [0.25, 0.3) is 0 Å². The molecule has 0 heterocycles. The van der Waals surface area contributed by atoms with Crippen LogP contribution in [0.1, 0.15) is 52.9 Å². The molecule has 0 aromatic rings. The summed E-state index contributed by atoms with van der Waals surface area (Å²) in [7, 11) is 0. The molecule has 2 aliphatic carbocycles. The van der Waals surface area contributed by atoms with Crippen LogP contribution in [0.15, 0.2) is 0 Å². The second kappa shape index (κ2) is 3.66. The van der Waals surface area contributed by atoms with Crippen LogP contribution in [0.2, 0.25) is 0 Å². The number of fused-ring (bicyclic) bond motifs is 1. The van der Waals surface area contributed by atoms with Gasteiger partial charge in [-0.15, -0.1) is 0 Å². The van der Waals surface area contributed by atoms with Gasteiger partial charge in [-0.1, -0.05) is 13.3 Å². The summed E-state index contributed by atoms with van der Waals surface area (Å²) in [5, 5.41) is 0. The Hall–Kier alpha value is -0.180. The minimum atomic E-state index is -2.48. The van der Waals surface area contributed by atoms with E-state index in [1.807, 2.05) is 20.8 Å². The van der Waals surface area contributed by atoms with Gasteiger partial charge in [-0.25, -0.2) is 8.78 Å². The van der Waals surface area contributed by atoms with Crippen LogP contribution in [-0.4, -0.2) is 18.6 Å². The van der Waals surface area contributed by atoms with Crippen molar-refractivity contribution >= 4 is 0 Å². The van der Waals surface area contributed by atoms with Crippen molar-refractivity contribution in [3.8, 4) is 0 Å². The van der Waals surface area contributed by atoms with Crippen LogP contribution in [0.4, 0.5) is 8.78 Å². The largest absolute Gasteiger partial charge is 0.378 e. The molecule has 0 radical (unpaired) electrons. The first-order valence-corrected chi connectivity index (χ1v) is 6.28. The highest BCUT2D eigenvalue weighted by molar-refractivity contribution is 5.10. The average Bonchev–Trinajstić information content (AvgIpc) is 2.47. The average molecular weight is 232 g/mol. The molecular formula is C13H22F2O. The molecule has 2 aliphatic rings. The molecule has 0 spiro atoms. The fraction of sp³-hybridized carbons (Fsp3) is 1.00. The number of rotatable bonds is 3. The third kappa shape index (κ3) is 1.87. The van der Waals surface area contributed by atoms with E-state index in [0.29, 0.717) is 6.61 Å². The van der Waals surface area contributed by atoms with Gasteiger partial charge in [0, 0.05) is 18.3 Å². The molecule has 1 nitrogen and oxygen atoms in total. The lowest BCUT2D eigenvalue weighted by Gasteiger charge is -2.37. The van der Waals surface area contributed by atoms with Gasteiger partial charge in [0.1, 0.15) is 0 Å². The van der Waals surface area contributed by atoms with Crippen molar-refractivity contribution in [2.24, 2.45) is 10.8 Å². The van der Waals surface area contributed by atoms with Gasteiger partial charge >= 0.3 is 0 Å². The summed E-state index contributed by atoms with van der Waals surface area (Å²) in [5.41, 5.74) is -0.466. The summed E-state index contributed by atoms with van der Waals surface area (Å²) in [6.07, 6.45) is 3.14. The van der Waals surface area contributed by atoms with Gasteiger partial charge in [0.05, 0.1) is 12.7 Å². The maximum Gasteiger partial charge on any atom is 0.249 e. The maximum absolute atomic E-state index is 13.6. The minimum Gasteiger partial charge on any atom is -0.378 e. The van der Waals surface area contributed by atoms with Gasteiger partial charge < -0.3 is 4.74 Å². The minimum absolute atomic E-state index is 0.0310. The lowest BCUT2D eigenvalue weighted by Crippen LogP contribution is -2.35. The predicted molar refractivity (Wildman–Crippen MR) is 59.7 cm³/mol. The van der Waals surface area contributed by atoms with Crippen molar-refractivity contribution in [2.45, 2.75) is 64.9 Å². The van der Waals surface area contributed by atoms with E-state index < -0.39 is 5.92 Å². The van der Waals surface area contributed by atoms with Crippen LogP contribution < -0.4 is 0 Å². The van der Waals surface area contributed by atoms with Gasteiger partial charge in [-0.2, -0.15) is 0 Å². The topological polar surface area (TPSA) is 9.23 Å². The maximum atomic E-state index is 13.6. The SMILES string of the molecule is CC(C)OCC12CCCC1(C)CC(F)(F)C2.